The van der Waals surface area contributed by atoms with Crippen molar-refractivity contribution >= 4 is 29.1 Å². The zero-order valence-electron chi connectivity index (χ0n) is 6.47. The molecule has 0 atom stereocenters. The summed E-state index contributed by atoms with van der Waals surface area (Å²) in [5.74, 6) is 0. The number of hydrogen-bond acceptors (Lipinski definition) is 3. The average Bonchev–Trinajstić information content (AvgIpc) is 2.07. The fourth-order valence-electron chi connectivity index (χ4n) is 0.803. The molecule has 0 unspecified atom stereocenters. The highest BCUT2D eigenvalue weighted by molar-refractivity contribution is 8.03. The lowest BCUT2D eigenvalue weighted by molar-refractivity contribution is 1.37. The quantitative estimate of drug-likeness (QED) is 0.429. The Balaban J connectivity index is 3.19. The minimum Gasteiger partial charge on any atom is -0.398 e. The van der Waals surface area contributed by atoms with Gasteiger partial charge in [0.25, 0.3) is 0 Å². The van der Waals surface area contributed by atoms with Gasteiger partial charge in [0.2, 0.25) is 0 Å². The van der Waals surface area contributed by atoms with E-state index in [-0.39, 0.29) is 0 Å². The van der Waals surface area contributed by atoms with Crippen LogP contribution in [0.25, 0.3) is 0 Å². The van der Waals surface area contributed by atoms with E-state index in [0.29, 0.717) is 10.7 Å². The number of benzene rings is 1. The molecular weight excluding hydrogens is 192 g/mol. The molecule has 1 aromatic rings. The van der Waals surface area contributed by atoms with E-state index in [4.69, 9.17) is 22.6 Å². The van der Waals surface area contributed by atoms with E-state index in [1.165, 1.54) is 0 Å². The van der Waals surface area contributed by atoms with Crippen molar-refractivity contribution in [1.29, 1.82) is 5.26 Å². The Morgan fingerprint density at radius 1 is 1.58 bits per heavy atom. The summed E-state index contributed by atoms with van der Waals surface area (Å²) in [6, 6.07) is 3.50. The fourth-order valence-corrected chi connectivity index (χ4v) is 1.57. The number of anilines is 1. The van der Waals surface area contributed by atoms with E-state index in [9.17, 15) is 0 Å². The lowest BCUT2D eigenvalue weighted by atomic mass is 10.2. The van der Waals surface area contributed by atoms with Gasteiger partial charge in [-0.15, -0.1) is 0 Å². The van der Waals surface area contributed by atoms with E-state index < -0.39 is 0 Å². The first-order valence-electron chi connectivity index (χ1n) is 3.27. The van der Waals surface area contributed by atoms with Gasteiger partial charge in [0, 0.05) is 10.6 Å². The maximum atomic E-state index is 8.43. The Kier molecular flexibility index (Phi) is 2.85. The van der Waals surface area contributed by atoms with Gasteiger partial charge < -0.3 is 5.73 Å². The summed E-state index contributed by atoms with van der Waals surface area (Å²) in [4.78, 5) is 0.755. The van der Waals surface area contributed by atoms with Crippen LogP contribution in [0.1, 0.15) is 5.56 Å². The molecule has 0 amide bonds. The molecule has 0 spiro atoms. The molecule has 1 aromatic carbocycles. The van der Waals surface area contributed by atoms with Gasteiger partial charge in [0.15, 0.2) is 0 Å². The van der Waals surface area contributed by atoms with Crippen molar-refractivity contribution in [3.63, 3.8) is 0 Å². The van der Waals surface area contributed by atoms with Crippen molar-refractivity contribution in [3.8, 4) is 5.40 Å². The predicted molar refractivity (Wildman–Crippen MR) is 52.1 cm³/mol. The molecule has 2 nitrogen and oxygen atoms in total. The maximum Gasteiger partial charge on any atom is 0.138 e. The van der Waals surface area contributed by atoms with Gasteiger partial charge in [-0.3, -0.25) is 0 Å². The van der Waals surface area contributed by atoms with Gasteiger partial charge in [-0.25, -0.2) is 0 Å². The zero-order valence-corrected chi connectivity index (χ0v) is 8.04. The summed E-state index contributed by atoms with van der Waals surface area (Å²) in [5, 5.41) is 11.0. The van der Waals surface area contributed by atoms with E-state index in [2.05, 4.69) is 0 Å². The number of nitriles is 1. The Bertz CT molecular complexity index is 344. The van der Waals surface area contributed by atoms with Crippen LogP contribution >= 0.6 is 23.4 Å². The second kappa shape index (κ2) is 3.70. The highest BCUT2D eigenvalue weighted by Crippen LogP contribution is 2.31. The zero-order chi connectivity index (χ0) is 9.14. The Morgan fingerprint density at radius 2 is 2.25 bits per heavy atom. The highest BCUT2D eigenvalue weighted by Gasteiger charge is 2.05. The monoisotopic (exact) mass is 198 g/mol. The summed E-state index contributed by atoms with van der Waals surface area (Å²) in [7, 11) is 0. The molecule has 0 bridgehead atoms. The second-order valence-corrected chi connectivity index (χ2v) is 3.49. The topological polar surface area (TPSA) is 49.8 Å². The largest absolute Gasteiger partial charge is 0.398 e. The van der Waals surface area contributed by atoms with Crippen LogP contribution < -0.4 is 5.73 Å². The normalized spacial score (nSPS) is 9.42. The molecule has 0 fully saturated rings. The van der Waals surface area contributed by atoms with Crippen molar-refractivity contribution in [2.75, 3.05) is 5.73 Å². The Labute approximate surface area is 80.3 Å². The van der Waals surface area contributed by atoms with Crippen LogP contribution in [0.4, 0.5) is 5.69 Å². The minimum atomic E-state index is 0.571. The van der Waals surface area contributed by atoms with Gasteiger partial charge in [-0.1, -0.05) is 11.6 Å². The van der Waals surface area contributed by atoms with Crippen molar-refractivity contribution in [1.82, 2.24) is 0 Å². The van der Waals surface area contributed by atoms with Crippen LogP contribution in [0.5, 0.6) is 0 Å². The molecule has 0 radical (unpaired) electrons. The Hall–Kier alpha value is -0.850. The number of nitrogen functional groups attached to an aromatic ring is 1. The average molecular weight is 199 g/mol. The van der Waals surface area contributed by atoms with Crippen LogP contribution in [0, 0.1) is 17.6 Å². The third kappa shape index (κ3) is 1.66. The summed E-state index contributed by atoms with van der Waals surface area (Å²) in [6.07, 6.45) is 0. The lowest BCUT2D eigenvalue weighted by Gasteiger charge is -2.04. The first kappa shape index (κ1) is 9.24. The van der Waals surface area contributed by atoms with Crippen LogP contribution in [0.15, 0.2) is 17.0 Å². The third-order valence-electron chi connectivity index (χ3n) is 1.55. The second-order valence-electron chi connectivity index (χ2n) is 2.29. The molecule has 0 aliphatic heterocycles. The van der Waals surface area contributed by atoms with Crippen LogP contribution in [0.3, 0.4) is 0 Å². The number of halogens is 1. The number of nitrogens with two attached hydrogens (primary N) is 1. The number of nitrogens with zero attached hydrogens (tertiary/aromatic N) is 1. The van der Waals surface area contributed by atoms with Gasteiger partial charge in [0.05, 0.1) is 5.02 Å². The first-order chi connectivity index (χ1) is 5.66. The van der Waals surface area contributed by atoms with Crippen molar-refractivity contribution in [2.45, 2.75) is 11.8 Å². The van der Waals surface area contributed by atoms with E-state index in [1.807, 2.05) is 12.3 Å². The predicted octanol–water partition coefficient (Wildman–Crippen LogP) is 2.80. The number of hydrogen-bond donors (Lipinski definition) is 1. The number of thioether (sulfide) groups is 1. The molecule has 0 saturated carbocycles. The molecule has 0 heterocycles. The van der Waals surface area contributed by atoms with E-state index >= 15 is 0 Å². The summed E-state index contributed by atoms with van der Waals surface area (Å²) >= 11 is 6.97. The van der Waals surface area contributed by atoms with Crippen molar-refractivity contribution in [2.24, 2.45) is 0 Å². The molecule has 0 aliphatic carbocycles. The number of thiocyanates is 1. The standard InChI is InChI=1S/C8H7ClN2S/c1-5-6(11)2-3-7(8(5)9)12-4-10/h2-3H,11H2,1H3. The smallest absolute Gasteiger partial charge is 0.138 e. The van der Waals surface area contributed by atoms with Crippen molar-refractivity contribution in [3.05, 3.63) is 22.7 Å². The van der Waals surface area contributed by atoms with Crippen LogP contribution in [-0.2, 0) is 0 Å². The molecule has 2 N–H and O–H groups in total. The van der Waals surface area contributed by atoms with Gasteiger partial charge in [0.1, 0.15) is 5.40 Å². The summed E-state index contributed by atoms with van der Waals surface area (Å²) in [5.41, 5.74) is 7.09. The molecule has 0 saturated heterocycles. The molecule has 1 rings (SSSR count). The maximum absolute atomic E-state index is 8.43. The molecule has 62 valence electrons. The highest BCUT2D eigenvalue weighted by atomic mass is 35.5. The molecule has 0 aliphatic rings. The minimum absolute atomic E-state index is 0.571. The first-order valence-corrected chi connectivity index (χ1v) is 4.46. The third-order valence-corrected chi connectivity index (χ3v) is 2.80. The summed E-state index contributed by atoms with van der Waals surface area (Å²) in [6.45, 7) is 1.83. The molecule has 4 heteroatoms. The van der Waals surface area contributed by atoms with E-state index in [0.717, 1.165) is 22.2 Å². The molecular formula is C8H7ClN2S. The molecule has 12 heavy (non-hydrogen) atoms. The Morgan fingerprint density at radius 3 is 2.83 bits per heavy atom. The van der Waals surface area contributed by atoms with E-state index in [1.54, 1.807) is 12.1 Å². The molecule has 0 aromatic heterocycles. The number of rotatable bonds is 1. The fraction of sp³-hybridized carbons (Fsp3) is 0.125. The van der Waals surface area contributed by atoms with Crippen LogP contribution in [-0.4, -0.2) is 0 Å². The van der Waals surface area contributed by atoms with Gasteiger partial charge in [-0.05, 0) is 36.4 Å². The van der Waals surface area contributed by atoms with Crippen molar-refractivity contribution < 1.29 is 0 Å². The van der Waals surface area contributed by atoms with Crippen LogP contribution in [0.2, 0.25) is 5.02 Å². The SMILES string of the molecule is Cc1c(N)ccc(SC#N)c1Cl. The lowest BCUT2D eigenvalue weighted by Crippen LogP contribution is -1.90. The van der Waals surface area contributed by atoms with Gasteiger partial charge >= 0.3 is 0 Å². The van der Waals surface area contributed by atoms with Gasteiger partial charge in [-0.2, -0.15) is 5.26 Å². The summed E-state index contributed by atoms with van der Waals surface area (Å²) < 4.78 is 0.